The van der Waals surface area contributed by atoms with Gasteiger partial charge in [-0.05, 0) is 45.2 Å². The molecule has 1 unspecified atom stereocenters. The number of rotatable bonds is 2. The summed E-state index contributed by atoms with van der Waals surface area (Å²) < 4.78 is 0. The topological polar surface area (TPSA) is 33.2 Å². The van der Waals surface area contributed by atoms with E-state index < -0.39 is 0 Å². The van der Waals surface area contributed by atoms with Gasteiger partial charge >= 0.3 is 0 Å². The maximum atomic E-state index is 12.5. The maximum Gasteiger partial charge on any atom is 0.255 e. The van der Waals surface area contributed by atoms with Crippen molar-refractivity contribution in [3.05, 3.63) is 29.1 Å². The number of pyridine rings is 1. The zero-order valence-corrected chi connectivity index (χ0v) is 11.7. The summed E-state index contributed by atoms with van der Waals surface area (Å²) in [6.07, 6.45) is 3.23. The molecule has 1 fully saturated rings. The van der Waals surface area contributed by atoms with Gasteiger partial charge in [-0.2, -0.15) is 0 Å². The lowest BCUT2D eigenvalue weighted by Crippen LogP contribution is -2.45. The fourth-order valence-electron chi connectivity index (χ4n) is 2.50. The molecule has 4 heteroatoms. The minimum atomic E-state index is 0.0744. The van der Waals surface area contributed by atoms with Crippen LogP contribution in [0.1, 0.15) is 41.0 Å². The monoisotopic (exact) mass is 266 g/mol. The van der Waals surface area contributed by atoms with E-state index in [1.165, 1.54) is 0 Å². The highest BCUT2D eigenvalue weighted by atomic mass is 35.5. The van der Waals surface area contributed by atoms with Crippen LogP contribution in [0.25, 0.3) is 0 Å². The number of amides is 1. The first kappa shape index (κ1) is 13.3. The van der Waals surface area contributed by atoms with Crippen molar-refractivity contribution in [2.24, 2.45) is 0 Å². The van der Waals surface area contributed by atoms with E-state index in [0.29, 0.717) is 11.4 Å². The number of nitrogens with zero attached hydrogens (tertiary/aromatic N) is 2. The van der Waals surface area contributed by atoms with Gasteiger partial charge in [0, 0.05) is 24.2 Å². The van der Waals surface area contributed by atoms with Crippen LogP contribution in [0.4, 0.5) is 0 Å². The van der Waals surface area contributed by atoms with Gasteiger partial charge in [0.25, 0.3) is 5.91 Å². The Balaban J connectivity index is 2.24. The van der Waals surface area contributed by atoms with Gasteiger partial charge in [-0.25, -0.2) is 0 Å². The first-order valence-electron chi connectivity index (χ1n) is 6.44. The van der Waals surface area contributed by atoms with E-state index >= 15 is 0 Å². The molecule has 0 aliphatic carbocycles. The Labute approximate surface area is 113 Å². The number of carbonyl (C=O) groups excluding carboxylic acids is 1. The summed E-state index contributed by atoms with van der Waals surface area (Å²) in [7, 11) is 0. The van der Waals surface area contributed by atoms with Crippen molar-refractivity contribution < 1.29 is 4.79 Å². The van der Waals surface area contributed by atoms with E-state index in [9.17, 15) is 4.79 Å². The first-order chi connectivity index (χ1) is 8.63. The zero-order chi connectivity index (χ0) is 13.1. The summed E-state index contributed by atoms with van der Waals surface area (Å²) in [5, 5.41) is 0. The van der Waals surface area contributed by atoms with Crippen LogP contribution in [0.15, 0.2) is 12.1 Å². The molecule has 1 aromatic rings. The van der Waals surface area contributed by atoms with Gasteiger partial charge < -0.3 is 4.90 Å². The minimum absolute atomic E-state index is 0.0744. The van der Waals surface area contributed by atoms with Gasteiger partial charge in [0.15, 0.2) is 0 Å². The molecule has 2 heterocycles. The summed E-state index contributed by atoms with van der Waals surface area (Å²) in [5.74, 6) is 0.592. The molecule has 18 heavy (non-hydrogen) atoms. The minimum Gasteiger partial charge on any atom is -0.334 e. The highest BCUT2D eigenvalue weighted by molar-refractivity contribution is 6.18. The zero-order valence-electron chi connectivity index (χ0n) is 10.9. The molecule has 1 aliphatic rings. The van der Waals surface area contributed by atoms with E-state index in [2.05, 4.69) is 4.98 Å². The smallest absolute Gasteiger partial charge is 0.255 e. The van der Waals surface area contributed by atoms with Crippen molar-refractivity contribution in [2.45, 2.75) is 39.2 Å². The lowest BCUT2D eigenvalue weighted by Gasteiger charge is -2.34. The van der Waals surface area contributed by atoms with E-state index in [-0.39, 0.29) is 11.9 Å². The van der Waals surface area contributed by atoms with Gasteiger partial charge in [-0.3, -0.25) is 9.78 Å². The molecule has 2 rings (SSSR count). The quantitative estimate of drug-likeness (QED) is 0.771. The number of aryl methyl sites for hydroxylation is 2. The summed E-state index contributed by atoms with van der Waals surface area (Å²) >= 11 is 5.96. The van der Waals surface area contributed by atoms with Crippen LogP contribution in [0.2, 0.25) is 0 Å². The number of carbonyl (C=O) groups is 1. The third-order valence-corrected chi connectivity index (χ3v) is 3.88. The standard InChI is InChI=1S/C14H19ClN2O/c1-10-6-7-13(11(2)16-10)14(18)17-8-4-3-5-12(17)9-15/h6-7,12H,3-5,8-9H2,1-2H3. The fourth-order valence-corrected chi connectivity index (χ4v) is 2.82. The number of likely N-dealkylation sites (tertiary alicyclic amines) is 1. The second-order valence-corrected chi connectivity index (χ2v) is 5.20. The van der Waals surface area contributed by atoms with Gasteiger partial charge in [-0.15, -0.1) is 11.6 Å². The molecule has 0 saturated carbocycles. The number of alkyl halides is 1. The highest BCUT2D eigenvalue weighted by Crippen LogP contribution is 2.21. The van der Waals surface area contributed by atoms with Crippen LogP contribution >= 0.6 is 11.6 Å². The average Bonchev–Trinajstić information content (AvgIpc) is 2.38. The van der Waals surface area contributed by atoms with Crippen molar-refractivity contribution in [2.75, 3.05) is 12.4 Å². The van der Waals surface area contributed by atoms with Crippen LogP contribution in [-0.2, 0) is 0 Å². The van der Waals surface area contributed by atoms with E-state index in [0.717, 1.165) is 37.2 Å². The Morgan fingerprint density at radius 3 is 2.89 bits per heavy atom. The molecule has 0 aromatic carbocycles. The third-order valence-electron chi connectivity index (χ3n) is 3.52. The summed E-state index contributed by atoms with van der Waals surface area (Å²) in [5.41, 5.74) is 2.45. The molecule has 1 saturated heterocycles. The number of piperidine rings is 1. The van der Waals surface area contributed by atoms with E-state index in [1.54, 1.807) is 0 Å². The van der Waals surface area contributed by atoms with Gasteiger partial charge in [0.2, 0.25) is 0 Å². The maximum absolute atomic E-state index is 12.5. The van der Waals surface area contributed by atoms with Crippen molar-refractivity contribution >= 4 is 17.5 Å². The summed E-state index contributed by atoms with van der Waals surface area (Å²) in [6.45, 7) is 4.63. The molecule has 1 aromatic heterocycles. The van der Waals surface area contributed by atoms with Gasteiger partial charge in [0.05, 0.1) is 11.3 Å². The predicted octanol–water partition coefficient (Wildman–Crippen LogP) is 2.93. The average molecular weight is 267 g/mol. The Hall–Kier alpha value is -1.09. The molecule has 1 aliphatic heterocycles. The summed E-state index contributed by atoms with van der Waals surface area (Å²) in [6, 6.07) is 3.94. The van der Waals surface area contributed by atoms with Crippen molar-refractivity contribution in [1.82, 2.24) is 9.88 Å². The van der Waals surface area contributed by atoms with Gasteiger partial charge in [-0.1, -0.05) is 0 Å². The second-order valence-electron chi connectivity index (χ2n) is 4.89. The van der Waals surface area contributed by atoms with E-state index in [4.69, 9.17) is 11.6 Å². The second kappa shape index (κ2) is 5.70. The van der Waals surface area contributed by atoms with Crippen molar-refractivity contribution in [1.29, 1.82) is 0 Å². The first-order valence-corrected chi connectivity index (χ1v) is 6.98. The number of hydrogen-bond donors (Lipinski definition) is 0. The molecule has 1 amide bonds. The molecule has 1 atom stereocenters. The number of hydrogen-bond acceptors (Lipinski definition) is 2. The Morgan fingerprint density at radius 1 is 1.44 bits per heavy atom. The molecule has 3 nitrogen and oxygen atoms in total. The Bertz CT molecular complexity index is 447. The third kappa shape index (κ3) is 2.66. The number of aromatic nitrogens is 1. The number of halogens is 1. The highest BCUT2D eigenvalue weighted by Gasteiger charge is 2.27. The normalized spacial score (nSPS) is 19.9. The lowest BCUT2D eigenvalue weighted by molar-refractivity contribution is 0.0638. The predicted molar refractivity (Wildman–Crippen MR) is 73.1 cm³/mol. The fraction of sp³-hybridized carbons (Fsp3) is 0.571. The van der Waals surface area contributed by atoms with Crippen molar-refractivity contribution in [3.8, 4) is 0 Å². The largest absolute Gasteiger partial charge is 0.334 e. The molecule has 0 spiro atoms. The molecular weight excluding hydrogens is 248 g/mol. The van der Waals surface area contributed by atoms with Crippen LogP contribution in [0.3, 0.4) is 0 Å². The van der Waals surface area contributed by atoms with Crippen LogP contribution in [0, 0.1) is 13.8 Å². The van der Waals surface area contributed by atoms with E-state index in [1.807, 2.05) is 30.9 Å². The molecule has 98 valence electrons. The van der Waals surface area contributed by atoms with Gasteiger partial charge in [0.1, 0.15) is 0 Å². The Kier molecular flexibility index (Phi) is 4.23. The lowest BCUT2D eigenvalue weighted by atomic mass is 10.0. The van der Waals surface area contributed by atoms with Crippen LogP contribution in [-0.4, -0.2) is 34.3 Å². The molecule has 0 bridgehead atoms. The summed E-state index contributed by atoms with van der Waals surface area (Å²) in [4.78, 5) is 18.8. The van der Waals surface area contributed by atoms with Crippen LogP contribution in [0.5, 0.6) is 0 Å². The Morgan fingerprint density at radius 2 is 2.22 bits per heavy atom. The SMILES string of the molecule is Cc1ccc(C(=O)N2CCCCC2CCl)c(C)n1. The molecular formula is C14H19ClN2O. The van der Waals surface area contributed by atoms with Crippen LogP contribution < -0.4 is 0 Å². The molecule has 0 N–H and O–H groups in total. The van der Waals surface area contributed by atoms with Crippen molar-refractivity contribution in [3.63, 3.8) is 0 Å². The molecule has 0 radical (unpaired) electrons.